The van der Waals surface area contributed by atoms with Crippen molar-refractivity contribution in [2.75, 3.05) is 5.32 Å². The van der Waals surface area contributed by atoms with E-state index >= 15 is 0 Å². The van der Waals surface area contributed by atoms with E-state index in [1.807, 2.05) is 32.0 Å². The zero-order valence-electron chi connectivity index (χ0n) is 15.8. The van der Waals surface area contributed by atoms with E-state index in [4.69, 9.17) is 4.42 Å². The Morgan fingerprint density at radius 3 is 2.48 bits per heavy atom. The van der Waals surface area contributed by atoms with E-state index in [-0.39, 0.29) is 18.1 Å². The number of halogens is 3. The molecule has 0 aliphatic carbocycles. The van der Waals surface area contributed by atoms with Gasteiger partial charge in [-0.2, -0.15) is 0 Å². The first kappa shape index (κ1) is 20.4. The van der Waals surface area contributed by atoms with Gasteiger partial charge in [0.05, 0.1) is 6.20 Å². The molecule has 0 radical (unpaired) electrons. The average Bonchev–Trinajstić information content (AvgIpc) is 3.12. The number of hydrogen-bond acceptors (Lipinski definition) is 4. The molecule has 0 aliphatic heterocycles. The second kappa shape index (κ2) is 8.38. The summed E-state index contributed by atoms with van der Waals surface area (Å²) in [5.41, 5.74) is 3.61. The summed E-state index contributed by atoms with van der Waals surface area (Å²) in [6.07, 6.45) is -2.71. The smallest absolute Gasteiger partial charge is 0.441 e. The molecule has 0 unspecified atom stereocenters. The standard InChI is InChI=1S/C21H19F3N2O3/c1-13-3-4-15(11-14(13)2)18-12-25-20(28-18)10-9-19(27)26-16-5-7-17(8-6-16)29-21(22,23)24/h3-8,11-12H,9-10H2,1-2H3,(H,26,27). The molecular formula is C21H19F3N2O3. The van der Waals surface area contributed by atoms with Crippen LogP contribution < -0.4 is 10.1 Å². The highest BCUT2D eigenvalue weighted by molar-refractivity contribution is 5.90. The second-order valence-electron chi connectivity index (χ2n) is 6.54. The molecule has 0 atom stereocenters. The maximum Gasteiger partial charge on any atom is 0.573 e. The topological polar surface area (TPSA) is 64.4 Å². The van der Waals surface area contributed by atoms with E-state index in [1.165, 1.54) is 17.7 Å². The molecule has 1 amide bonds. The molecule has 0 saturated carbocycles. The van der Waals surface area contributed by atoms with Crippen molar-refractivity contribution >= 4 is 11.6 Å². The lowest BCUT2D eigenvalue weighted by Gasteiger charge is -2.09. The van der Waals surface area contributed by atoms with Crippen molar-refractivity contribution in [3.05, 3.63) is 65.7 Å². The molecule has 1 aromatic heterocycles. The Bertz CT molecular complexity index is 995. The summed E-state index contributed by atoms with van der Waals surface area (Å²) in [6, 6.07) is 10.9. The number of carbonyl (C=O) groups excluding carboxylic acids is 1. The van der Waals surface area contributed by atoms with E-state index in [2.05, 4.69) is 15.0 Å². The first-order chi connectivity index (χ1) is 13.7. The number of ether oxygens (including phenoxy) is 1. The van der Waals surface area contributed by atoms with Crippen molar-refractivity contribution in [1.82, 2.24) is 4.98 Å². The van der Waals surface area contributed by atoms with Gasteiger partial charge in [0, 0.05) is 24.1 Å². The number of aromatic nitrogens is 1. The molecule has 0 fully saturated rings. The predicted octanol–water partition coefficient (Wildman–Crippen LogP) is 5.43. The van der Waals surface area contributed by atoms with Crippen LogP contribution in [-0.2, 0) is 11.2 Å². The van der Waals surface area contributed by atoms with E-state index in [9.17, 15) is 18.0 Å². The fourth-order valence-electron chi connectivity index (χ4n) is 2.64. The third-order valence-electron chi connectivity index (χ3n) is 4.28. The molecule has 29 heavy (non-hydrogen) atoms. The maximum atomic E-state index is 12.2. The third kappa shape index (κ3) is 5.84. The van der Waals surface area contributed by atoms with Gasteiger partial charge in [-0.05, 0) is 55.3 Å². The SMILES string of the molecule is Cc1ccc(-c2cnc(CCC(=O)Nc3ccc(OC(F)(F)F)cc3)o2)cc1C. The molecule has 1 heterocycles. The molecule has 0 saturated heterocycles. The number of hydrogen-bond donors (Lipinski definition) is 1. The van der Waals surface area contributed by atoms with Crippen molar-refractivity contribution in [2.45, 2.75) is 33.1 Å². The minimum Gasteiger partial charge on any atom is -0.441 e. The maximum absolute atomic E-state index is 12.2. The monoisotopic (exact) mass is 404 g/mol. The van der Waals surface area contributed by atoms with Crippen LogP contribution in [0.2, 0.25) is 0 Å². The molecule has 8 heteroatoms. The molecule has 2 aromatic carbocycles. The molecule has 0 spiro atoms. The Labute approximate surface area is 165 Å². The zero-order chi connectivity index (χ0) is 21.0. The first-order valence-corrected chi connectivity index (χ1v) is 8.87. The number of amides is 1. The molecule has 152 valence electrons. The first-order valence-electron chi connectivity index (χ1n) is 8.87. The van der Waals surface area contributed by atoms with Crippen LogP contribution in [0.5, 0.6) is 5.75 Å². The van der Waals surface area contributed by atoms with Crippen molar-refractivity contribution in [1.29, 1.82) is 0 Å². The fraction of sp³-hybridized carbons (Fsp3) is 0.238. The van der Waals surface area contributed by atoms with Crippen LogP contribution in [0.4, 0.5) is 18.9 Å². The predicted molar refractivity (Wildman–Crippen MR) is 101 cm³/mol. The van der Waals surface area contributed by atoms with Crippen LogP contribution >= 0.6 is 0 Å². The van der Waals surface area contributed by atoms with E-state index in [0.29, 0.717) is 23.8 Å². The Morgan fingerprint density at radius 1 is 1.10 bits per heavy atom. The number of aryl methyl sites for hydroxylation is 3. The van der Waals surface area contributed by atoms with Crippen LogP contribution in [0.15, 0.2) is 53.1 Å². The Kier molecular flexibility index (Phi) is 5.91. The molecular weight excluding hydrogens is 385 g/mol. The summed E-state index contributed by atoms with van der Waals surface area (Å²) in [4.78, 5) is 16.3. The highest BCUT2D eigenvalue weighted by Crippen LogP contribution is 2.25. The van der Waals surface area contributed by atoms with Gasteiger partial charge in [-0.1, -0.05) is 12.1 Å². The molecule has 3 rings (SSSR count). The Balaban J connectivity index is 1.53. The lowest BCUT2D eigenvalue weighted by atomic mass is 10.1. The number of nitrogens with one attached hydrogen (secondary N) is 1. The molecule has 3 aromatic rings. The van der Waals surface area contributed by atoms with Gasteiger partial charge in [0.25, 0.3) is 0 Å². The lowest BCUT2D eigenvalue weighted by Crippen LogP contribution is -2.17. The zero-order valence-corrected chi connectivity index (χ0v) is 15.8. The number of alkyl halides is 3. The summed E-state index contributed by atoms with van der Waals surface area (Å²) in [6.45, 7) is 4.04. The van der Waals surface area contributed by atoms with Gasteiger partial charge in [0.15, 0.2) is 11.7 Å². The van der Waals surface area contributed by atoms with E-state index < -0.39 is 6.36 Å². The minimum absolute atomic E-state index is 0.119. The number of nitrogens with zero attached hydrogens (tertiary/aromatic N) is 1. The van der Waals surface area contributed by atoms with Crippen molar-refractivity contribution in [2.24, 2.45) is 0 Å². The van der Waals surface area contributed by atoms with Crippen molar-refractivity contribution < 1.29 is 27.1 Å². The summed E-state index contributed by atoms with van der Waals surface area (Å²) < 4.78 is 46.0. The lowest BCUT2D eigenvalue weighted by molar-refractivity contribution is -0.274. The number of anilines is 1. The minimum atomic E-state index is -4.75. The Hall–Kier alpha value is -3.29. The van der Waals surface area contributed by atoms with Gasteiger partial charge >= 0.3 is 6.36 Å². The van der Waals surface area contributed by atoms with Gasteiger partial charge in [-0.15, -0.1) is 13.2 Å². The third-order valence-corrected chi connectivity index (χ3v) is 4.28. The van der Waals surface area contributed by atoms with E-state index in [1.54, 1.807) is 6.20 Å². The summed E-state index contributed by atoms with van der Waals surface area (Å²) in [7, 11) is 0. The van der Waals surface area contributed by atoms with Gasteiger partial charge in [-0.25, -0.2) is 4.98 Å². The highest BCUT2D eigenvalue weighted by Gasteiger charge is 2.30. The van der Waals surface area contributed by atoms with Crippen LogP contribution in [0.25, 0.3) is 11.3 Å². The van der Waals surface area contributed by atoms with Crippen LogP contribution in [0, 0.1) is 13.8 Å². The number of benzene rings is 2. The molecule has 0 bridgehead atoms. The van der Waals surface area contributed by atoms with Gasteiger partial charge in [0.2, 0.25) is 5.91 Å². The van der Waals surface area contributed by atoms with Gasteiger partial charge < -0.3 is 14.5 Å². The number of oxazole rings is 1. The van der Waals surface area contributed by atoms with Crippen molar-refractivity contribution in [3.8, 4) is 17.1 Å². The van der Waals surface area contributed by atoms with E-state index in [0.717, 1.165) is 23.3 Å². The summed E-state index contributed by atoms with van der Waals surface area (Å²) in [5.74, 6) is 0.403. The molecule has 0 aliphatic rings. The highest BCUT2D eigenvalue weighted by atomic mass is 19.4. The largest absolute Gasteiger partial charge is 0.573 e. The average molecular weight is 404 g/mol. The second-order valence-corrected chi connectivity index (χ2v) is 6.54. The summed E-state index contributed by atoms with van der Waals surface area (Å²) >= 11 is 0. The Morgan fingerprint density at radius 2 is 1.83 bits per heavy atom. The van der Waals surface area contributed by atoms with Crippen LogP contribution in [0.1, 0.15) is 23.4 Å². The number of rotatable bonds is 6. The van der Waals surface area contributed by atoms with Crippen molar-refractivity contribution in [3.63, 3.8) is 0 Å². The normalized spacial score (nSPS) is 11.3. The summed E-state index contributed by atoms with van der Waals surface area (Å²) in [5, 5.41) is 2.61. The quantitative estimate of drug-likeness (QED) is 0.595. The molecule has 1 N–H and O–H groups in total. The number of carbonyl (C=O) groups is 1. The van der Waals surface area contributed by atoms with Gasteiger partial charge in [0.1, 0.15) is 5.75 Å². The van der Waals surface area contributed by atoms with Crippen LogP contribution in [-0.4, -0.2) is 17.3 Å². The fourth-order valence-corrected chi connectivity index (χ4v) is 2.64. The molecule has 5 nitrogen and oxygen atoms in total. The van der Waals surface area contributed by atoms with Gasteiger partial charge in [-0.3, -0.25) is 4.79 Å². The van der Waals surface area contributed by atoms with Crippen LogP contribution in [0.3, 0.4) is 0 Å².